The second kappa shape index (κ2) is 8.99. The molecular formula is C23H25N5O3. The molecular weight excluding hydrogens is 394 g/mol. The number of carbonyl (C=O) groups is 2. The highest BCUT2D eigenvalue weighted by atomic mass is 16.5. The molecule has 0 radical (unpaired) electrons. The lowest BCUT2D eigenvalue weighted by molar-refractivity contribution is 0.170. The van der Waals surface area contributed by atoms with Gasteiger partial charge in [0.25, 0.3) is 0 Å². The highest BCUT2D eigenvalue weighted by Gasteiger charge is 2.25. The molecule has 2 heterocycles. The van der Waals surface area contributed by atoms with Crippen molar-refractivity contribution in [1.82, 2.24) is 20.6 Å². The first-order valence-electron chi connectivity index (χ1n) is 10.3. The van der Waals surface area contributed by atoms with E-state index in [-0.39, 0.29) is 6.03 Å². The smallest absolute Gasteiger partial charge is 0.407 e. The van der Waals surface area contributed by atoms with Crippen molar-refractivity contribution >= 4 is 28.7 Å². The summed E-state index contributed by atoms with van der Waals surface area (Å²) in [5, 5.41) is 10.0. The van der Waals surface area contributed by atoms with Crippen molar-refractivity contribution in [3.8, 4) is 11.1 Å². The highest BCUT2D eigenvalue weighted by Crippen LogP contribution is 2.40. The molecule has 0 bridgehead atoms. The molecule has 1 aromatic carbocycles. The molecule has 3 amide bonds. The van der Waals surface area contributed by atoms with Crippen LogP contribution in [-0.2, 0) is 11.3 Å². The number of pyridine rings is 2. The van der Waals surface area contributed by atoms with Crippen LogP contribution >= 0.6 is 0 Å². The number of amides is 3. The Hall–Kier alpha value is -3.68. The Kier molecular flexibility index (Phi) is 5.97. The molecule has 8 nitrogen and oxygen atoms in total. The number of hydrogen-bond donors (Lipinski definition) is 3. The summed E-state index contributed by atoms with van der Waals surface area (Å²) in [4.78, 5) is 32.4. The molecule has 1 saturated carbocycles. The molecule has 0 atom stereocenters. The first-order valence-corrected chi connectivity index (χ1v) is 10.3. The third-order valence-electron chi connectivity index (χ3n) is 5.27. The van der Waals surface area contributed by atoms with Crippen molar-refractivity contribution in [2.24, 2.45) is 0 Å². The Morgan fingerprint density at radius 3 is 2.68 bits per heavy atom. The van der Waals surface area contributed by atoms with E-state index >= 15 is 0 Å². The number of rotatable bonds is 6. The average Bonchev–Trinajstić information content (AvgIpc) is 3.63. The van der Waals surface area contributed by atoms with Gasteiger partial charge in [-0.2, -0.15) is 0 Å². The lowest BCUT2D eigenvalue weighted by atomic mass is 9.96. The number of urea groups is 1. The summed E-state index contributed by atoms with van der Waals surface area (Å²) in [5.41, 5.74) is 4.08. The van der Waals surface area contributed by atoms with Gasteiger partial charge in [-0.05, 0) is 60.0 Å². The van der Waals surface area contributed by atoms with Crippen LogP contribution in [0.1, 0.15) is 36.9 Å². The van der Waals surface area contributed by atoms with Crippen LogP contribution in [0.4, 0.5) is 15.4 Å². The topological polar surface area (TPSA) is 105 Å². The summed E-state index contributed by atoms with van der Waals surface area (Å²) in [6.07, 6.45) is 5.43. The summed E-state index contributed by atoms with van der Waals surface area (Å²) >= 11 is 0. The number of anilines is 1. The maximum Gasteiger partial charge on any atom is 0.407 e. The number of ether oxygens (including phenoxy) is 1. The minimum absolute atomic E-state index is 0.303. The number of methoxy groups -OCH3 is 1. The van der Waals surface area contributed by atoms with E-state index in [4.69, 9.17) is 0 Å². The van der Waals surface area contributed by atoms with E-state index in [9.17, 15) is 9.59 Å². The van der Waals surface area contributed by atoms with Gasteiger partial charge in [-0.1, -0.05) is 12.1 Å². The molecule has 2 aromatic heterocycles. The van der Waals surface area contributed by atoms with Gasteiger partial charge in [-0.3, -0.25) is 10.3 Å². The number of carbonyl (C=O) groups excluding carboxylic acids is 2. The SMILES string of the molecule is CCNC(=O)Nc1cc2c(-c3ccnc(C4CC4)c3)ccc(CNC(=O)OC)c2cn1. The van der Waals surface area contributed by atoms with Crippen molar-refractivity contribution in [2.45, 2.75) is 32.2 Å². The van der Waals surface area contributed by atoms with Crippen molar-refractivity contribution in [1.29, 1.82) is 0 Å². The van der Waals surface area contributed by atoms with E-state index < -0.39 is 6.09 Å². The van der Waals surface area contributed by atoms with E-state index in [1.54, 1.807) is 6.20 Å². The first kappa shape index (κ1) is 20.6. The number of fused-ring (bicyclic) bond motifs is 1. The molecule has 3 N–H and O–H groups in total. The second-order valence-electron chi connectivity index (χ2n) is 7.46. The summed E-state index contributed by atoms with van der Waals surface area (Å²) in [7, 11) is 1.33. The van der Waals surface area contributed by atoms with Gasteiger partial charge in [0.05, 0.1) is 7.11 Å². The summed E-state index contributed by atoms with van der Waals surface area (Å²) in [6, 6.07) is 9.68. The summed E-state index contributed by atoms with van der Waals surface area (Å²) in [5.74, 6) is 1.00. The molecule has 3 aromatic rings. The third kappa shape index (κ3) is 4.74. The number of hydrogen-bond acceptors (Lipinski definition) is 5. The third-order valence-corrected chi connectivity index (χ3v) is 5.27. The quantitative estimate of drug-likeness (QED) is 0.556. The molecule has 1 aliphatic carbocycles. The van der Waals surface area contributed by atoms with Crippen molar-refractivity contribution < 1.29 is 14.3 Å². The number of alkyl carbamates (subject to hydrolysis) is 1. The van der Waals surface area contributed by atoms with E-state index in [2.05, 4.69) is 36.7 Å². The minimum Gasteiger partial charge on any atom is -0.453 e. The van der Waals surface area contributed by atoms with Crippen molar-refractivity contribution in [3.05, 3.63) is 54.0 Å². The van der Waals surface area contributed by atoms with E-state index in [1.165, 1.54) is 20.0 Å². The molecule has 0 unspecified atom stereocenters. The molecule has 0 aliphatic heterocycles. The van der Waals surface area contributed by atoms with Crippen molar-refractivity contribution in [3.63, 3.8) is 0 Å². The number of aromatic nitrogens is 2. The Morgan fingerprint density at radius 2 is 1.94 bits per heavy atom. The van der Waals surface area contributed by atoms with Crippen LogP contribution < -0.4 is 16.0 Å². The molecule has 1 fully saturated rings. The van der Waals surface area contributed by atoms with Gasteiger partial charge in [0.15, 0.2) is 0 Å². The van der Waals surface area contributed by atoms with Crippen LogP contribution in [0.2, 0.25) is 0 Å². The predicted molar refractivity (Wildman–Crippen MR) is 119 cm³/mol. The van der Waals surface area contributed by atoms with Gasteiger partial charge in [0, 0.05) is 42.5 Å². The lowest BCUT2D eigenvalue weighted by Gasteiger charge is -2.14. The predicted octanol–water partition coefficient (Wildman–Crippen LogP) is 4.17. The molecule has 8 heteroatoms. The molecule has 1 aliphatic rings. The average molecular weight is 419 g/mol. The fraction of sp³-hybridized carbons (Fsp3) is 0.304. The Bertz CT molecular complexity index is 1130. The maximum absolute atomic E-state index is 12.0. The molecule has 4 rings (SSSR count). The number of benzene rings is 1. The molecule has 0 saturated heterocycles. The van der Waals surface area contributed by atoms with Gasteiger partial charge in [0.1, 0.15) is 5.82 Å². The highest BCUT2D eigenvalue weighted by molar-refractivity contribution is 6.01. The van der Waals surface area contributed by atoms with E-state index in [1.807, 2.05) is 37.4 Å². The van der Waals surface area contributed by atoms with E-state index in [0.717, 1.165) is 33.2 Å². The zero-order valence-corrected chi connectivity index (χ0v) is 17.6. The van der Waals surface area contributed by atoms with Crippen molar-refractivity contribution in [2.75, 3.05) is 19.0 Å². The van der Waals surface area contributed by atoms with Crippen LogP contribution in [0.15, 0.2) is 42.7 Å². The lowest BCUT2D eigenvalue weighted by Crippen LogP contribution is -2.28. The second-order valence-corrected chi connectivity index (χ2v) is 7.46. The zero-order chi connectivity index (χ0) is 21.8. The maximum atomic E-state index is 12.0. The molecule has 0 spiro atoms. The monoisotopic (exact) mass is 419 g/mol. The zero-order valence-electron chi connectivity index (χ0n) is 17.6. The van der Waals surface area contributed by atoms with Crippen LogP contribution in [0.25, 0.3) is 21.9 Å². The Balaban J connectivity index is 1.77. The van der Waals surface area contributed by atoms with Gasteiger partial charge in [0.2, 0.25) is 0 Å². The fourth-order valence-electron chi connectivity index (χ4n) is 3.55. The first-order chi connectivity index (χ1) is 15.1. The van der Waals surface area contributed by atoms with Gasteiger partial charge < -0.3 is 15.4 Å². The van der Waals surface area contributed by atoms with Crippen LogP contribution in [0, 0.1) is 0 Å². The molecule has 160 valence electrons. The van der Waals surface area contributed by atoms with Gasteiger partial charge in [-0.25, -0.2) is 14.6 Å². The van der Waals surface area contributed by atoms with Crippen LogP contribution in [0.3, 0.4) is 0 Å². The largest absolute Gasteiger partial charge is 0.453 e. The van der Waals surface area contributed by atoms with E-state index in [0.29, 0.717) is 24.8 Å². The number of nitrogens with one attached hydrogen (secondary N) is 3. The minimum atomic E-state index is -0.497. The van der Waals surface area contributed by atoms with Gasteiger partial charge >= 0.3 is 12.1 Å². The van der Waals surface area contributed by atoms with Crippen LogP contribution in [0.5, 0.6) is 0 Å². The summed E-state index contributed by atoms with van der Waals surface area (Å²) in [6.45, 7) is 2.68. The molecule has 31 heavy (non-hydrogen) atoms. The normalized spacial score (nSPS) is 13.0. The van der Waals surface area contributed by atoms with Gasteiger partial charge in [-0.15, -0.1) is 0 Å². The number of nitrogens with zero attached hydrogens (tertiary/aromatic N) is 2. The standard InChI is InChI=1S/C23H25N5O3/c1-3-24-22(29)28-21-11-18-17(15-8-9-25-20(10-15)14-4-5-14)7-6-16(19(18)13-26-21)12-27-23(30)31-2/h6-11,13-14H,3-5,12H2,1-2H3,(H,27,30)(H2,24,26,28,29). The summed E-state index contributed by atoms with van der Waals surface area (Å²) < 4.78 is 4.68. The Morgan fingerprint density at radius 1 is 1.10 bits per heavy atom. The van der Waals surface area contributed by atoms with Crippen LogP contribution in [-0.4, -0.2) is 35.7 Å². The Labute approximate surface area is 180 Å². The fourth-order valence-corrected chi connectivity index (χ4v) is 3.55.